The molecule has 3 rings (SSSR count). The number of nitrogens with zero attached hydrogens (tertiary/aromatic N) is 1. The third-order valence-electron chi connectivity index (χ3n) is 5.05. The fraction of sp³-hybridized carbons (Fsp3) is 0.222. The third kappa shape index (κ3) is 7.32. The summed E-state index contributed by atoms with van der Waals surface area (Å²) >= 11 is 3.48. The molecule has 0 spiro atoms. The average molecular weight is 554 g/mol. The molecular formula is C27H28BrN3O5. The smallest absolute Gasteiger partial charge is 0.271 e. The zero-order valence-electron chi connectivity index (χ0n) is 20.6. The molecule has 2 N–H and O–H groups in total. The maximum Gasteiger partial charge on any atom is 0.271 e. The lowest BCUT2D eigenvalue weighted by Crippen LogP contribution is -2.21. The second-order valence-electron chi connectivity index (χ2n) is 7.85. The largest absolute Gasteiger partial charge is 0.497 e. The van der Waals surface area contributed by atoms with E-state index in [1.165, 1.54) is 13.3 Å². The highest BCUT2D eigenvalue weighted by Gasteiger charge is 2.15. The van der Waals surface area contributed by atoms with Gasteiger partial charge in [-0.25, -0.2) is 5.43 Å². The number of carbonyl (C=O) groups excluding carboxylic acids is 2. The summed E-state index contributed by atoms with van der Waals surface area (Å²) in [6.07, 6.45) is 1.49. The summed E-state index contributed by atoms with van der Waals surface area (Å²) in [5.74, 6) is 0.748. The van der Waals surface area contributed by atoms with Crippen LogP contribution >= 0.6 is 15.9 Å². The Morgan fingerprint density at radius 2 is 1.86 bits per heavy atom. The minimum absolute atomic E-state index is 0.198. The van der Waals surface area contributed by atoms with E-state index in [0.29, 0.717) is 39.5 Å². The summed E-state index contributed by atoms with van der Waals surface area (Å²) in [5.41, 5.74) is 6.40. The summed E-state index contributed by atoms with van der Waals surface area (Å²) in [6, 6.07) is 16.0. The fourth-order valence-corrected chi connectivity index (χ4v) is 3.91. The number of amides is 2. The van der Waals surface area contributed by atoms with E-state index in [1.54, 1.807) is 36.4 Å². The van der Waals surface area contributed by atoms with E-state index in [9.17, 15) is 9.59 Å². The van der Waals surface area contributed by atoms with E-state index in [1.807, 2.05) is 39.0 Å². The minimum atomic E-state index is -0.371. The van der Waals surface area contributed by atoms with Crippen molar-refractivity contribution in [2.75, 3.05) is 25.6 Å². The van der Waals surface area contributed by atoms with Crippen LogP contribution < -0.4 is 25.0 Å². The van der Waals surface area contributed by atoms with Gasteiger partial charge in [-0.1, -0.05) is 23.8 Å². The monoisotopic (exact) mass is 553 g/mol. The molecule has 36 heavy (non-hydrogen) atoms. The van der Waals surface area contributed by atoms with Crippen LogP contribution in [0.5, 0.6) is 17.2 Å². The molecule has 0 fully saturated rings. The number of ether oxygens (including phenoxy) is 3. The fourth-order valence-electron chi connectivity index (χ4n) is 3.34. The molecule has 188 valence electrons. The number of hydrogen-bond acceptors (Lipinski definition) is 6. The molecule has 0 bridgehead atoms. The molecule has 3 aromatic carbocycles. The van der Waals surface area contributed by atoms with Crippen LogP contribution in [0, 0.1) is 13.8 Å². The third-order valence-corrected chi connectivity index (χ3v) is 5.64. The van der Waals surface area contributed by atoms with Gasteiger partial charge in [0.05, 0.1) is 24.4 Å². The number of rotatable bonds is 10. The number of benzene rings is 3. The number of nitrogens with one attached hydrogen (secondary N) is 2. The Kier molecular flexibility index (Phi) is 9.46. The molecule has 0 unspecified atom stereocenters. The molecule has 0 saturated carbocycles. The minimum Gasteiger partial charge on any atom is -0.497 e. The first-order valence-electron chi connectivity index (χ1n) is 11.2. The van der Waals surface area contributed by atoms with E-state index in [0.717, 1.165) is 16.8 Å². The quantitative estimate of drug-likeness (QED) is 0.264. The highest BCUT2D eigenvalue weighted by atomic mass is 79.9. The van der Waals surface area contributed by atoms with Gasteiger partial charge >= 0.3 is 0 Å². The molecule has 0 aliphatic rings. The lowest BCUT2D eigenvalue weighted by molar-refractivity contribution is -0.118. The summed E-state index contributed by atoms with van der Waals surface area (Å²) in [5, 5.41) is 6.89. The lowest BCUT2D eigenvalue weighted by atomic mass is 10.1. The number of anilines is 1. The van der Waals surface area contributed by atoms with Crippen molar-refractivity contribution in [3.63, 3.8) is 0 Å². The van der Waals surface area contributed by atoms with Crippen molar-refractivity contribution in [3.8, 4) is 17.2 Å². The molecule has 0 saturated heterocycles. The summed E-state index contributed by atoms with van der Waals surface area (Å²) in [4.78, 5) is 24.8. The van der Waals surface area contributed by atoms with Crippen molar-refractivity contribution in [1.82, 2.24) is 5.43 Å². The molecule has 0 atom stereocenters. The van der Waals surface area contributed by atoms with Crippen LogP contribution in [0.1, 0.15) is 34.0 Å². The van der Waals surface area contributed by atoms with Gasteiger partial charge < -0.3 is 19.5 Å². The molecule has 0 aromatic heterocycles. The van der Waals surface area contributed by atoms with Gasteiger partial charge in [-0.2, -0.15) is 5.10 Å². The number of hydrazone groups is 1. The molecule has 0 heterocycles. The van der Waals surface area contributed by atoms with Crippen molar-refractivity contribution in [1.29, 1.82) is 0 Å². The first-order valence-corrected chi connectivity index (χ1v) is 12.0. The first kappa shape index (κ1) is 26.7. The van der Waals surface area contributed by atoms with Crippen LogP contribution in [0.4, 0.5) is 5.69 Å². The van der Waals surface area contributed by atoms with E-state index >= 15 is 0 Å². The molecule has 9 heteroatoms. The topological polar surface area (TPSA) is 98.2 Å². The van der Waals surface area contributed by atoms with E-state index in [4.69, 9.17) is 14.2 Å². The maximum absolute atomic E-state index is 12.5. The Balaban J connectivity index is 1.67. The standard InChI is InChI=1S/C27H28BrN3O5/c1-5-35-24-13-19(15-29-31-27(33)20-7-6-8-21(14-20)34-4)12-22(28)26(24)36-16-25(32)30-23-10-9-17(2)11-18(23)3/h6-15H,5,16H2,1-4H3,(H,30,32)(H,31,33)/b29-15+. The Morgan fingerprint density at radius 1 is 1.06 bits per heavy atom. The van der Waals surface area contributed by atoms with Gasteiger partial charge in [-0.3, -0.25) is 9.59 Å². The van der Waals surface area contributed by atoms with E-state index < -0.39 is 0 Å². The molecule has 8 nitrogen and oxygen atoms in total. The molecule has 0 aliphatic heterocycles. The highest BCUT2D eigenvalue weighted by molar-refractivity contribution is 9.10. The number of methoxy groups -OCH3 is 1. The van der Waals surface area contributed by atoms with Crippen LogP contribution in [-0.4, -0.2) is 38.4 Å². The zero-order chi connectivity index (χ0) is 26.1. The van der Waals surface area contributed by atoms with E-state index in [-0.39, 0.29) is 18.4 Å². The summed E-state index contributed by atoms with van der Waals surface area (Å²) < 4.78 is 17.2. The predicted molar refractivity (Wildman–Crippen MR) is 143 cm³/mol. The van der Waals surface area contributed by atoms with Crippen LogP contribution in [0.25, 0.3) is 0 Å². The number of carbonyl (C=O) groups is 2. The first-order chi connectivity index (χ1) is 17.3. The van der Waals surface area contributed by atoms with Gasteiger partial charge in [0.15, 0.2) is 18.1 Å². The Bertz CT molecular complexity index is 1280. The predicted octanol–water partition coefficient (Wildman–Crippen LogP) is 5.25. The summed E-state index contributed by atoms with van der Waals surface area (Å²) in [7, 11) is 1.54. The molecular weight excluding hydrogens is 526 g/mol. The van der Waals surface area contributed by atoms with Gasteiger partial charge in [0.25, 0.3) is 11.8 Å². The SMILES string of the molecule is CCOc1cc(/C=N/NC(=O)c2cccc(OC)c2)cc(Br)c1OCC(=O)Nc1ccc(C)cc1C. The molecule has 3 aromatic rings. The highest BCUT2D eigenvalue weighted by Crippen LogP contribution is 2.36. The summed E-state index contributed by atoms with van der Waals surface area (Å²) in [6.45, 7) is 5.98. The average Bonchev–Trinajstić information content (AvgIpc) is 2.85. The number of aryl methyl sites for hydroxylation is 2. The van der Waals surface area contributed by atoms with Crippen LogP contribution in [0.15, 0.2) is 64.2 Å². The molecule has 0 aliphatic carbocycles. The van der Waals surface area contributed by atoms with Gasteiger partial charge in [-0.15, -0.1) is 0 Å². The van der Waals surface area contributed by atoms with E-state index in [2.05, 4.69) is 31.8 Å². The van der Waals surface area contributed by atoms with Crippen LogP contribution in [0.3, 0.4) is 0 Å². The molecule has 0 radical (unpaired) electrons. The Morgan fingerprint density at radius 3 is 2.58 bits per heavy atom. The Hall–Kier alpha value is -3.85. The van der Waals surface area contributed by atoms with Crippen LogP contribution in [-0.2, 0) is 4.79 Å². The van der Waals surface area contributed by atoms with Gasteiger partial charge in [-0.05, 0) is 84.2 Å². The Labute approximate surface area is 218 Å². The van der Waals surface area contributed by atoms with Gasteiger partial charge in [0.1, 0.15) is 5.75 Å². The zero-order valence-corrected chi connectivity index (χ0v) is 22.1. The maximum atomic E-state index is 12.5. The van der Waals surface area contributed by atoms with Crippen molar-refractivity contribution in [2.45, 2.75) is 20.8 Å². The van der Waals surface area contributed by atoms with Crippen molar-refractivity contribution < 1.29 is 23.8 Å². The normalized spacial score (nSPS) is 10.7. The van der Waals surface area contributed by atoms with Crippen molar-refractivity contribution >= 4 is 39.6 Å². The second-order valence-corrected chi connectivity index (χ2v) is 8.70. The lowest BCUT2D eigenvalue weighted by Gasteiger charge is -2.15. The number of halogens is 1. The van der Waals surface area contributed by atoms with Crippen molar-refractivity contribution in [2.24, 2.45) is 5.10 Å². The van der Waals surface area contributed by atoms with Gasteiger partial charge in [0, 0.05) is 11.3 Å². The van der Waals surface area contributed by atoms with Gasteiger partial charge in [0.2, 0.25) is 0 Å². The number of hydrogen-bond donors (Lipinski definition) is 2. The van der Waals surface area contributed by atoms with Crippen LogP contribution in [0.2, 0.25) is 0 Å². The molecule has 2 amide bonds. The second kappa shape index (κ2) is 12.7. The van der Waals surface area contributed by atoms with Crippen molar-refractivity contribution in [3.05, 3.63) is 81.3 Å².